The van der Waals surface area contributed by atoms with Crippen molar-refractivity contribution >= 4 is 35.4 Å². The molecule has 1 heterocycles. The number of nitrogens with zero attached hydrogens (tertiary/aromatic N) is 1. The lowest BCUT2D eigenvalue weighted by Gasteiger charge is -2.09. The molecule has 0 N–H and O–H groups in total. The van der Waals surface area contributed by atoms with Crippen molar-refractivity contribution in [1.82, 2.24) is 4.57 Å². The number of carbonyl (C=O) groups excluding carboxylic acids is 1. The Hall–Kier alpha value is -3.01. The number of carbonyl (C=O) groups is 1. The third-order valence-corrected chi connectivity index (χ3v) is 4.53. The lowest BCUT2D eigenvalue weighted by molar-refractivity contribution is 0.0463. The van der Waals surface area contributed by atoms with E-state index >= 15 is 0 Å². The van der Waals surface area contributed by atoms with E-state index in [1.54, 1.807) is 0 Å². The standard InChI is InChI=1S/C21H18BNO2/c22-14-23-12-17-11-10-16-8-4-5-9-18(16)19(17)20(23)21(24)25-13-15-6-2-1-3-7-15/h1-12H,13-14,22H2. The number of esters is 1. The van der Waals surface area contributed by atoms with Crippen molar-refractivity contribution in [2.24, 2.45) is 0 Å². The molecule has 1 aromatic heterocycles. The van der Waals surface area contributed by atoms with Crippen LogP contribution in [0, 0.1) is 0 Å². The number of hydrogen-bond donors (Lipinski definition) is 0. The summed E-state index contributed by atoms with van der Waals surface area (Å²) in [7, 11) is 2.04. The number of benzene rings is 3. The molecule has 122 valence electrons. The molecule has 0 saturated heterocycles. The van der Waals surface area contributed by atoms with Crippen molar-refractivity contribution in [3.05, 3.63) is 84.2 Å². The molecule has 4 aromatic rings. The predicted octanol–water partition coefficient (Wildman–Crippen LogP) is 3.74. The summed E-state index contributed by atoms with van der Waals surface area (Å²) in [6.07, 6.45) is 2.75. The van der Waals surface area contributed by atoms with Gasteiger partial charge in [0.15, 0.2) is 0 Å². The van der Waals surface area contributed by atoms with Gasteiger partial charge in [-0.2, -0.15) is 0 Å². The highest BCUT2D eigenvalue weighted by molar-refractivity contribution is 6.17. The minimum atomic E-state index is -0.281. The Morgan fingerprint density at radius 1 is 0.920 bits per heavy atom. The van der Waals surface area contributed by atoms with Gasteiger partial charge in [-0.25, -0.2) is 4.79 Å². The maximum absolute atomic E-state index is 12.9. The Bertz CT molecular complexity index is 1050. The van der Waals surface area contributed by atoms with Crippen LogP contribution in [0.25, 0.3) is 21.5 Å². The first-order valence-corrected chi connectivity index (χ1v) is 8.49. The summed E-state index contributed by atoms with van der Waals surface area (Å²) in [4.78, 5) is 12.9. The van der Waals surface area contributed by atoms with E-state index in [0.717, 1.165) is 33.6 Å². The van der Waals surface area contributed by atoms with Crippen molar-refractivity contribution in [3.8, 4) is 0 Å². The molecular formula is C21H18BNO2. The number of hydrogen-bond acceptors (Lipinski definition) is 2. The van der Waals surface area contributed by atoms with Gasteiger partial charge in [-0.15, -0.1) is 0 Å². The molecule has 0 aliphatic carbocycles. The van der Waals surface area contributed by atoms with E-state index in [2.05, 4.69) is 24.3 Å². The number of fused-ring (bicyclic) bond motifs is 3. The SMILES string of the molecule is BCn1cc2ccc3ccccc3c2c1C(=O)OCc1ccccc1. The van der Waals surface area contributed by atoms with Gasteiger partial charge in [0.05, 0.1) is 0 Å². The van der Waals surface area contributed by atoms with Gasteiger partial charge in [-0.05, 0) is 22.8 Å². The van der Waals surface area contributed by atoms with Gasteiger partial charge in [0, 0.05) is 17.0 Å². The van der Waals surface area contributed by atoms with Gasteiger partial charge in [-0.1, -0.05) is 66.7 Å². The Kier molecular flexibility index (Phi) is 4.02. The summed E-state index contributed by atoms with van der Waals surface area (Å²) in [5, 5.41) is 4.24. The van der Waals surface area contributed by atoms with E-state index in [9.17, 15) is 4.79 Å². The van der Waals surface area contributed by atoms with Gasteiger partial charge in [0.2, 0.25) is 0 Å². The van der Waals surface area contributed by atoms with Crippen molar-refractivity contribution < 1.29 is 9.53 Å². The molecule has 0 fully saturated rings. The second-order valence-electron chi connectivity index (χ2n) is 6.08. The van der Waals surface area contributed by atoms with Crippen LogP contribution >= 0.6 is 0 Å². The van der Waals surface area contributed by atoms with Crippen LogP contribution in [0.3, 0.4) is 0 Å². The molecule has 0 unspecified atom stereocenters. The maximum atomic E-state index is 12.9. The molecule has 0 saturated carbocycles. The van der Waals surface area contributed by atoms with Crippen molar-refractivity contribution in [2.75, 3.05) is 0 Å². The molecule has 3 aromatic carbocycles. The molecule has 3 nitrogen and oxygen atoms in total. The zero-order valence-electron chi connectivity index (χ0n) is 14.1. The normalized spacial score (nSPS) is 11.0. The average Bonchev–Trinajstić information content (AvgIpc) is 3.06. The van der Waals surface area contributed by atoms with Gasteiger partial charge >= 0.3 is 5.97 Å². The molecule has 25 heavy (non-hydrogen) atoms. The van der Waals surface area contributed by atoms with Crippen LogP contribution in [0.15, 0.2) is 72.9 Å². The fourth-order valence-corrected chi connectivity index (χ4v) is 3.30. The summed E-state index contributed by atoms with van der Waals surface area (Å²) in [5.41, 5.74) is 1.62. The van der Waals surface area contributed by atoms with Crippen molar-refractivity contribution in [1.29, 1.82) is 0 Å². The van der Waals surface area contributed by atoms with Crippen LogP contribution in [0.5, 0.6) is 0 Å². The average molecular weight is 327 g/mol. The zero-order valence-corrected chi connectivity index (χ0v) is 14.1. The highest BCUT2D eigenvalue weighted by atomic mass is 16.5. The van der Waals surface area contributed by atoms with Crippen LogP contribution in [-0.4, -0.2) is 18.4 Å². The first kappa shape index (κ1) is 15.5. The highest BCUT2D eigenvalue weighted by Crippen LogP contribution is 2.30. The largest absolute Gasteiger partial charge is 0.456 e. The molecule has 4 heteroatoms. The van der Waals surface area contributed by atoms with Gasteiger partial charge in [0.25, 0.3) is 0 Å². The van der Waals surface area contributed by atoms with Crippen molar-refractivity contribution in [3.63, 3.8) is 0 Å². The Morgan fingerprint density at radius 2 is 1.64 bits per heavy atom. The molecule has 0 aliphatic rings. The fraction of sp³-hybridized carbons (Fsp3) is 0.0952. The second kappa shape index (κ2) is 6.48. The number of ether oxygens (including phenoxy) is 1. The molecule has 0 aliphatic heterocycles. The third-order valence-electron chi connectivity index (χ3n) is 4.53. The van der Waals surface area contributed by atoms with E-state index in [-0.39, 0.29) is 12.6 Å². The molecule has 0 amide bonds. The third kappa shape index (κ3) is 2.80. The maximum Gasteiger partial charge on any atom is 0.355 e. The fourth-order valence-electron chi connectivity index (χ4n) is 3.30. The second-order valence-corrected chi connectivity index (χ2v) is 6.08. The van der Waals surface area contributed by atoms with E-state index in [0.29, 0.717) is 5.69 Å². The summed E-state index contributed by atoms with van der Waals surface area (Å²) in [6, 6.07) is 22.1. The van der Waals surface area contributed by atoms with Crippen LogP contribution in [0.1, 0.15) is 16.1 Å². The lowest BCUT2D eigenvalue weighted by atomic mass is 10.0. The van der Waals surface area contributed by atoms with E-state index < -0.39 is 0 Å². The summed E-state index contributed by atoms with van der Waals surface area (Å²) in [6.45, 7) is 0.279. The first-order valence-electron chi connectivity index (χ1n) is 8.49. The van der Waals surface area contributed by atoms with Gasteiger partial charge < -0.3 is 9.30 Å². The van der Waals surface area contributed by atoms with Crippen LogP contribution in [-0.2, 0) is 17.8 Å². The summed E-state index contributed by atoms with van der Waals surface area (Å²) in [5.74, 6) is -0.281. The Labute approximate surface area is 147 Å². The molecule has 0 spiro atoms. The van der Waals surface area contributed by atoms with E-state index in [1.165, 1.54) is 0 Å². The Balaban J connectivity index is 1.79. The summed E-state index contributed by atoms with van der Waals surface area (Å²) < 4.78 is 7.59. The van der Waals surface area contributed by atoms with Crippen LogP contribution in [0.4, 0.5) is 0 Å². The lowest BCUT2D eigenvalue weighted by Crippen LogP contribution is -2.12. The van der Waals surface area contributed by atoms with E-state index in [4.69, 9.17) is 4.74 Å². The van der Waals surface area contributed by atoms with E-state index in [1.807, 2.05) is 61.1 Å². The predicted molar refractivity (Wildman–Crippen MR) is 104 cm³/mol. The smallest absolute Gasteiger partial charge is 0.355 e. The quantitative estimate of drug-likeness (QED) is 0.422. The summed E-state index contributed by atoms with van der Waals surface area (Å²) >= 11 is 0. The minimum absolute atomic E-state index is 0.279. The topological polar surface area (TPSA) is 31.2 Å². The van der Waals surface area contributed by atoms with Gasteiger partial charge in [-0.3, -0.25) is 0 Å². The van der Waals surface area contributed by atoms with Crippen molar-refractivity contribution in [2.45, 2.75) is 13.1 Å². The first-order chi connectivity index (χ1) is 12.3. The monoisotopic (exact) mass is 327 g/mol. The number of aromatic nitrogens is 1. The Morgan fingerprint density at radius 3 is 2.44 bits per heavy atom. The minimum Gasteiger partial charge on any atom is -0.456 e. The van der Waals surface area contributed by atoms with Crippen LogP contribution in [0.2, 0.25) is 0 Å². The molecule has 0 bridgehead atoms. The molecule has 4 rings (SSSR count). The molecule has 0 radical (unpaired) electrons. The zero-order chi connectivity index (χ0) is 17.2. The van der Waals surface area contributed by atoms with Crippen LogP contribution < -0.4 is 0 Å². The number of rotatable bonds is 4. The van der Waals surface area contributed by atoms with Gasteiger partial charge in [0.1, 0.15) is 20.1 Å². The molecular weight excluding hydrogens is 309 g/mol. The highest BCUT2D eigenvalue weighted by Gasteiger charge is 2.19. The molecule has 0 atom stereocenters.